The first-order valence-corrected chi connectivity index (χ1v) is 13.4. The van der Waals surface area contributed by atoms with Gasteiger partial charge in [0.1, 0.15) is 5.82 Å². The number of piperidine rings is 1. The van der Waals surface area contributed by atoms with Crippen molar-refractivity contribution >= 4 is 32.3 Å². The van der Waals surface area contributed by atoms with Crippen molar-refractivity contribution in [3.8, 4) is 6.07 Å². The van der Waals surface area contributed by atoms with Gasteiger partial charge in [-0.1, -0.05) is 30.3 Å². The lowest BCUT2D eigenvalue weighted by atomic mass is 9.74. The summed E-state index contributed by atoms with van der Waals surface area (Å²) in [5.41, 5.74) is 1.83. The predicted molar refractivity (Wildman–Crippen MR) is 131 cm³/mol. The van der Waals surface area contributed by atoms with Crippen LogP contribution in [-0.2, 0) is 15.3 Å². The molecule has 2 saturated heterocycles. The van der Waals surface area contributed by atoms with Crippen molar-refractivity contribution in [3.05, 3.63) is 71.7 Å². The van der Waals surface area contributed by atoms with Crippen molar-refractivity contribution in [1.29, 1.82) is 5.26 Å². The Kier molecular flexibility index (Phi) is 5.93. The molecule has 2 aromatic carbocycles. The van der Waals surface area contributed by atoms with E-state index in [1.165, 1.54) is 23.2 Å². The number of hydrogen-bond donors (Lipinski definition) is 0. The van der Waals surface area contributed by atoms with Gasteiger partial charge in [0.2, 0.25) is 0 Å². The summed E-state index contributed by atoms with van der Waals surface area (Å²) in [5, 5.41) is 10.6. The van der Waals surface area contributed by atoms with Gasteiger partial charge in [-0.2, -0.15) is 5.26 Å². The first-order valence-electron chi connectivity index (χ1n) is 11.6. The first kappa shape index (κ1) is 23.2. The van der Waals surface area contributed by atoms with Gasteiger partial charge in [0.25, 0.3) is 5.91 Å². The summed E-state index contributed by atoms with van der Waals surface area (Å²) in [4.78, 5) is 21.5. The van der Waals surface area contributed by atoms with Crippen LogP contribution >= 0.6 is 0 Å². The van der Waals surface area contributed by atoms with Crippen LogP contribution in [0.15, 0.2) is 54.7 Å². The summed E-state index contributed by atoms with van der Waals surface area (Å²) in [6.07, 6.45) is 2.62. The smallest absolute Gasteiger partial charge is 0.257 e. The zero-order valence-corrected chi connectivity index (χ0v) is 20.0. The van der Waals surface area contributed by atoms with E-state index in [1.54, 1.807) is 6.07 Å². The number of halogens is 1. The number of pyridine rings is 1. The minimum absolute atomic E-state index is 0.0742. The molecule has 9 heteroatoms. The van der Waals surface area contributed by atoms with Gasteiger partial charge < -0.3 is 9.80 Å². The molecule has 0 atom stereocenters. The third kappa shape index (κ3) is 4.34. The van der Waals surface area contributed by atoms with Crippen molar-refractivity contribution in [2.45, 2.75) is 18.3 Å². The molecule has 5 rings (SSSR count). The Hall–Kier alpha value is -3.51. The van der Waals surface area contributed by atoms with Gasteiger partial charge in [0.15, 0.2) is 9.84 Å². The lowest BCUT2D eigenvalue weighted by Gasteiger charge is -2.40. The van der Waals surface area contributed by atoms with E-state index in [1.807, 2.05) is 35.2 Å². The molecule has 0 N–H and O–H groups in total. The summed E-state index contributed by atoms with van der Waals surface area (Å²) in [7, 11) is -3.14. The second kappa shape index (κ2) is 8.93. The number of aromatic nitrogens is 1. The highest BCUT2D eigenvalue weighted by atomic mass is 32.2. The molecular weight excluding hydrogens is 467 g/mol. The van der Waals surface area contributed by atoms with E-state index in [4.69, 9.17) is 0 Å². The van der Waals surface area contributed by atoms with Gasteiger partial charge in [0, 0.05) is 37.8 Å². The van der Waals surface area contributed by atoms with Gasteiger partial charge in [0.05, 0.1) is 39.8 Å². The number of carbonyl (C=O) groups is 1. The van der Waals surface area contributed by atoms with Gasteiger partial charge >= 0.3 is 0 Å². The molecule has 0 bridgehead atoms. The maximum Gasteiger partial charge on any atom is 0.257 e. The Morgan fingerprint density at radius 2 is 1.71 bits per heavy atom. The Balaban J connectivity index is 1.52. The zero-order valence-electron chi connectivity index (χ0n) is 19.2. The molecule has 180 valence electrons. The first-order chi connectivity index (χ1) is 16.8. The van der Waals surface area contributed by atoms with Gasteiger partial charge in [-0.25, -0.2) is 12.8 Å². The minimum Gasteiger partial charge on any atom is -0.370 e. The second-order valence-electron chi connectivity index (χ2n) is 9.17. The number of anilines is 1. The number of hydrogen-bond acceptors (Lipinski definition) is 6. The third-order valence-corrected chi connectivity index (χ3v) is 8.75. The maximum absolute atomic E-state index is 14.3. The topological polar surface area (TPSA) is 94.4 Å². The van der Waals surface area contributed by atoms with Crippen molar-refractivity contribution in [1.82, 2.24) is 9.88 Å². The molecule has 3 heterocycles. The maximum atomic E-state index is 14.3. The Labute approximate surface area is 203 Å². The molecular formula is C26H25FN4O3S. The second-order valence-corrected chi connectivity index (χ2v) is 11.5. The summed E-state index contributed by atoms with van der Waals surface area (Å²) in [5.74, 6) is -0.889. The van der Waals surface area contributed by atoms with E-state index in [0.29, 0.717) is 48.1 Å². The molecule has 2 aliphatic rings. The molecule has 3 aromatic rings. The van der Waals surface area contributed by atoms with Crippen LogP contribution in [0, 0.1) is 17.1 Å². The largest absolute Gasteiger partial charge is 0.370 e. The fourth-order valence-electron chi connectivity index (χ4n) is 5.07. The van der Waals surface area contributed by atoms with Crippen LogP contribution in [0.2, 0.25) is 0 Å². The summed E-state index contributed by atoms with van der Waals surface area (Å²) in [6.45, 7) is 1.25. The van der Waals surface area contributed by atoms with Crippen LogP contribution in [0.25, 0.3) is 10.9 Å². The standard InChI is InChI=1S/C26H25FN4O3S/c27-20-6-7-23-21(16-20)24(22(17-29-23)25(32)31-12-14-35(33,34)15-13-31)30-10-8-26(18-28,9-11-30)19-4-2-1-3-5-19/h1-7,16-17H,8-15H2. The number of benzene rings is 2. The number of fused-ring (bicyclic) bond motifs is 1. The van der Waals surface area contributed by atoms with Crippen LogP contribution in [0.4, 0.5) is 10.1 Å². The summed E-state index contributed by atoms with van der Waals surface area (Å²) >= 11 is 0. The Morgan fingerprint density at radius 3 is 2.37 bits per heavy atom. The fraction of sp³-hybridized carbons (Fsp3) is 0.346. The SMILES string of the molecule is N#CC1(c2ccccc2)CCN(c2c(C(=O)N3CCS(=O)(=O)CC3)cnc3ccc(F)cc23)CC1. The Morgan fingerprint density at radius 1 is 1.03 bits per heavy atom. The quantitative estimate of drug-likeness (QED) is 0.557. The Bertz CT molecular complexity index is 1410. The van der Waals surface area contributed by atoms with Crippen LogP contribution in [0.3, 0.4) is 0 Å². The average Bonchev–Trinajstić information content (AvgIpc) is 2.88. The van der Waals surface area contributed by atoms with Crippen molar-refractivity contribution in [2.24, 2.45) is 0 Å². The van der Waals surface area contributed by atoms with Crippen molar-refractivity contribution < 1.29 is 17.6 Å². The molecule has 0 aliphatic carbocycles. The molecule has 35 heavy (non-hydrogen) atoms. The number of carbonyl (C=O) groups excluding carboxylic acids is 1. The highest BCUT2D eigenvalue weighted by molar-refractivity contribution is 7.91. The number of amides is 1. The van der Waals surface area contributed by atoms with Crippen LogP contribution < -0.4 is 4.90 Å². The molecule has 0 saturated carbocycles. The molecule has 0 unspecified atom stereocenters. The molecule has 0 radical (unpaired) electrons. The summed E-state index contributed by atoms with van der Waals surface area (Å²) < 4.78 is 38.0. The van der Waals surface area contributed by atoms with Gasteiger partial charge in [-0.05, 0) is 36.6 Å². The monoisotopic (exact) mass is 492 g/mol. The summed E-state index contributed by atoms with van der Waals surface area (Å²) in [6, 6.07) is 16.5. The zero-order chi connectivity index (χ0) is 24.6. The molecule has 1 amide bonds. The predicted octanol–water partition coefficient (Wildman–Crippen LogP) is 3.31. The molecule has 7 nitrogen and oxygen atoms in total. The van der Waals surface area contributed by atoms with Crippen molar-refractivity contribution in [3.63, 3.8) is 0 Å². The van der Waals surface area contributed by atoms with Gasteiger partial charge in [-0.3, -0.25) is 9.78 Å². The minimum atomic E-state index is -3.14. The number of nitrogens with zero attached hydrogens (tertiary/aromatic N) is 4. The lowest BCUT2D eigenvalue weighted by Crippen LogP contribution is -2.45. The number of nitriles is 1. The average molecular weight is 493 g/mol. The van der Waals surface area contributed by atoms with E-state index >= 15 is 0 Å². The fourth-order valence-corrected chi connectivity index (χ4v) is 6.27. The van der Waals surface area contributed by atoms with E-state index in [0.717, 1.165) is 5.56 Å². The highest BCUT2D eigenvalue weighted by Crippen LogP contribution is 2.39. The molecule has 2 aliphatic heterocycles. The van der Waals surface area contributed by atoms with E-state index in [2.05, 4.69) is 11.1 Å². The highest BCUT2D eigenvalue weighted by Gasteiger charge is 2.38. The number of rotatable bonds is 3. The van der Waals surface area contributed by atoms with E-state index < -0.39 is 21.1 Å². The third-order valence-electron chi connectivity index (χ3n) is 7.14. The van der Waals surface area contributed by atoms with Crippen LogP contribution in [-0.4, -0.2) is 61.9 Å². The van der Waals surface area contributed by atoms with E-state index in [-0.39, 0.29) is 30.5 Å². The molecule has 2 fully saturated rings. The number of sulfone groups is 1. The van der Waals surface area contributed by atoms with Crippen LogP contribution in [0.5, 0.6) is 0 Å². The van der Waals surface area contributed by atoms with E-state index in [9.17, 15) is 22.9 Å². The van der Waals surface area contributed by atoms with Crippen LogP contribution in [0.1, 0.15) is 28.8 Å². The van der Waals surface area contributed by atoms with Crippen molar-refractivity contribution in [2.75, 3.05) is 42.6 Å². The molecule has 0 spiro atoms. The normalized spacial score (nSPS) is 19.3. The van der Waals surface area contributed by atoms with Gasteiger partial charge in [-0.15, -0.1) is 0 Å². The lowest BCUT2D eigenvalue weighted by molar-refractivity contribution is 0.0770. The molecule has 1 aromatic heterocycles.